The number of esters is 1. The van der Waals surface area contributed by atoms with Gasteiger partial charge in [-0.15, -0.1) is 0 Å². The van der Waals surface area contributed by atoms with Crippen LogP contribution in [0, 0.1) is 6.92 Å². The minimum atomic E-state index is -4.10. The smallest absolute Gasteiger partial charge is 0.326 e. The Bertz CT molecular complexity index is 992. The lowest BCUT2D eigenvalue weighted by Gasteiger charge is -2.26. The third-order valence-electron chi connectivity index (χ3n) is 4.12. The van der Waals surface area contributed by atoms with Crippen molar-refractivity contribution in [3.05, 3.63) is 47.0 Å². The van der Waals surface area contributed by atoms with E-state index in [0.717, 1.165) is 4.31 Å². The van der Waals surface area contributed by atoms with Crippen LogP contribution in [0.15, 0.2) is 41.3 Å². The molecule has 0 amide bonds. The van der Waals surface area contributed by atoms with E-state index in [0.29, 0.717) is 41.0 Å². The Labute approximate surface area is 168 Å². The number of hydrogen-bond acceptors (Lipinski definition) is 6. The number of aryl methyl sites for hydroxylation is 1. The number of halogens is 1. The highest BCUT2D eigenvalue weighted by Crippen LogP contribution is 2.35. The predicted molar refractivity (Wildman–Crippen MR) is 105 cm³/mol. The van der Waals surface area contributed by atoms with Gasteiger partial charge < -0.3 is 14.2 Å². The first-order chi connectivity index (χ1) is 13.3. The van der Waals surface area contributed by atoms with Crippen LogP contribution in [0.5, 0.6) is 11.5 Å². The Kier molecular flexibility index (Phi) is 6.00. The van der Waals surface area contributed by atoms with Crippen molar-refractivity contribution in [1.29, 1.82) is 0 Å². The van der Waals surface area contributed by atoms with Gasteiger partial charge in [-0.2, -0.15) is 0 Å². The van der Waals surface area contributed by atoms with E-state index in [-0.39, 0.29) is 11.5 Å². The molecular weight excluding hydrogens is 406 g/mol. The summed E-state index contributed by atoms with van der Waals surface area (Å²) in [6.45, 7) is 3.79. The molecule has 0 radical (unpaired) electrons. The number of sulfonamides is 1. The lowest BCUT2D eigenvalue weighted by atomic mass is 10.2. The minimum Gasteiger partial charge on any atom is -0.486 e. The van der Waals surface area contributed by atoms with Crippen molar-refractivity contribution in [2.45, 2.75) is 18.7 Å². The van der Waals surface area contributed by atoms with Crippen LogP contribution in [-0.2, 0) is 19.6 Å². The molecule has 9 heteroatoms. The van der Waals surface area contributed by atoms with Crippen LogP contribution in [-0.4, -0.2) is 40.8 Å². The van der Waals surface area contributed by atoms with Gasteiger partial charge in [-0.25, -0.2) is 8.42 Å². The maximum Gasteiger partial charge on any atom is 0.326 e. The highest BCUT2D eigenvalue weighted by molar-refractivity contribution is 7.92. The molecule has 150 valence electrons. The molecule has 1 heterocycles. The maximum atomic E-state index is 13.4. The van der Waals surface area contributed by atoms with Crippen LogP contribution < -0.4 is 13.8 Å². The summed E-state index contributed by atoms with van der Waals surface area (Å²) >= 11 is 6.08. The van der Waals surface area contributed by atoms with Crippen molar-refractivity contribution in [2.24, 2.45) is 0 Å². The molecule has 0 atom stereocenters. The van der Waals surface area contributed by atoms with Gasteiger partial charge in [-0.1, -0.05) is 17.7 Å². The van der Waals surface area contributed by atoms with E-state index in [4.69, 9.17) is 25.8 Å². The van der Waals surface area contributed by atoms with Crippen molar-refractivity contribution < 1.29 is 27.4 Å². The third kappa shape index (κ3) is 4.18. The summed E-state index contributed by atoms with van der Waals surface area (Å²) in [5.74, 6) is 0.148. The number of fused-ring (bicyclic) bond motifs is 1. The summed E-state index contributed by atoms with van der Waals surface area (Å²) in [6, 6.07) is 9.19. The molecule has 7 nitrogen and oxygen atoms in total. The molecule has 1 aliphatic rings. The number of ether oxygens (including phenoxy) is 3. The first-order valence-corrected chi connectivity index (χ1v) is 10.5. The maximum absolute atomic E-state index is 13.4. The molecular formula is C19H20ClNO6S. The van der Waals surface area contributed by atoms with E-state index in [1.807, 2.05) is 0 Å². The third-order valence-corrected chi connectivity index (χ3v) is 6.11. The van der Waals surface area contributed by atoms with Crippen LogP contribution in [0.3, 0.4) is 0 Å². The van der Waals surface area contributed by atoms with Crippen molar-refractivity contribution in [2.75, 3.05) is 30.7 Å². The molecule has 0 spiro atoms. The Balaban J connectivity index is 2.07. The monoisotopic (exact) mass is 425 g/mol. The fraction of sp³-hybridized carbons (Fsp3) is 0.316. The van der Waals surface area contributed by atoms with Crippen LogP contribution in [0.25, 0.3) is 0 Å². The molecule has 1 aliphatic heterocycles. The Hall–Kier alpha value is -2.45. The zero-order valence-corrected chi connectivity index (χ0v) is 17.0. The fourth-order valence-electron chi connectivity index (χ4n) is 2.79. The number of hydrogen-bond donors (Lipinski definition) is 0. The molecule has 0 bridgehead atoms. The Morgan fingerprint density at radius 1 is 1.14 bits per heavy atom. The summed E-state index contributed by atoms with van der Waals surface area (Å²) in [4.78, 5) is 12.1. The van der Waals surface area contributed by atoms with E-state index < -0.39 is 22.5 Å². The van der Waals surface area contributed by atoms with Gasteiger partial charge in [0.2, 0.25) is 0 Å². The van der Waals surface area contributed by atoms with E-state index in [9.17, 15) is 13.2 Å². The summed E-state index contributed by atoms with van der Waals surface area (Å²) in [5, 5.41) is 0.354. The van der Waals surface area contributed by atoms with E-state index in [2.05, 4.69) is 0 Å². The second-order valence-electron chi connectivity index (χ2n) is 6.05. The highest BCUT2D eigenvalue weighted by atomic mass is 35.5. The molecule has 0 saturated carbocycles. The minimum absolute atomic E-state index is 0.0274. The Morgan fingerprint density at radius 2 is 1.86 bits per heavy atom. The summed E-state index contributed by atoms with van der Waals surface area (Å²) < 4.78 is 43.7. The molecule has 0 fully saturated rings. The average Bonchev–Trinajstić information content (AvgIpc) is 2.68. The number of anilines is 1. The van der Waals surface area contributed by atoms with Gasteiger partial charge in [0.1, 0.15) is 19.8 Å². The summed E-state index contributed by atoms with van der Waals surface area (Å²) in [6.07, 6.45) is 0. The topological polar surface area (TPSA) is 82.1 Å². The molecule has 2 aromatic carbocycles. The predicted octanol–water partition coefficient (Wildman–Crippen LogP) is 3.18. The lowest BCUT2D eigenvalue weighted by Crippen LogP contribution is -2.37. The van der Waals surface area contributed by atoms with Crippen molar-refractivity contribution in [3.8, 4) is 11.5 Å². The molecule has 3 rings (SSSR count). The number of carbonyl (C=O) groups is 1. The van der Waals surface area contributed by atoms with Gasteiger partial charge in [0.15, 0.2) is 11.5 Å². The van der Waals surface area contributed by atoms with Crippen LogP contribution in [0.4, 0.5) is 5.69 Å². The van der Waals surface area contributed by atoms with Crippen LogP contribution in [0.1, 0.15) is 12.5 Å². The fourth-order valence-corrected chi connectivity index (χ4v) is 4.43. The summed E-state index contributed by atoms with van der Waals surface area (Å²) in [7, 11) is -4.10. The van der Waals surface area contributed by atoms with Crippen molar-refractivity contribution in [3.63, 3.8) is 0 Å². The van der Waals surface area contributed by atoms with E-state index in [1.54, 1.807) is 26.0 Å². The normalized spacial score (nSPS) is 13.1. The van der Waals surface area contributed by atoms with Crippen molar-refractivity contribution in [1.82, 2.24) is 0 Å². The molecule has 0 saturated heterocycles. The standard InChI is InChI=1S/C19H20ClNO6S/c1-3-25-19(22)12-21(16-10-14(20)5-4-13(16)2)28(23,24)15-6-7-17-18(11-15)27-9-8-26-17/h4-7,10-11H,3,8-9,12H2,1-2H3. The van der Waals surface area contributed by atoms with Gasteiger partial charge in [-0.3, -0.25) is 9.10 Å². The van der Waals surface area contributed by atoms with Gasteiger partial charge >= 0.3 is 5.97 Å². The number of rotatable bonds is 6. The molecule has 0 aromatic heterocycles. The lowest BCUT2D eigenvalue weighted by molar-refractivity contribution is -0.141. The van der Waals surface area contributed by atoms with Gasteiger partial charge in [0, 0.05) is 11.1 Å². The zero-order chi connectivity index (χ0) is 20.3. The number of nitrogens with zero attached hydrogens (tertiary/aromatic N) is 1. The van der Waals surface area contributed by atoms with Gasteiger partial charge in [0.25, 0.3) is 10.0 Å². The Morgan fingerprint density at radius 3 is 2.57 bits per heavy atom. The SMILES string of the molecule is CCOC(=O)CN(c1cc(Cl)ccc1C)S(=O)(=O)c1ccc2c(c1)OCCO2. The molecule has 2 aromatic rings. The van der Waals surface area contributed by atoms with Gasteiger partial charge in [-0.05, 0) is 43.7 Å². The number of carbonyl (C=O) groups excluding carboxylic acids is 1. The molecule has 28 heavy (non-hydrogen) atoms. The highest BCUT2D eigenvalue weighted by Gasteiger charge is 2.30. The zero-order valence-electron chi connectivity index (χ0n) is 15.5. The van der Waals surface area contributed by atoms with E-state index in [1.165, 1.54) is 24.3 Å². The second-order valence-corrected chi connectivity index (χ2v) is 8.35. The van der Waals surface area contributed by atoms with Crippen LogP contribution in [0.2, 0.25) is 5.02 Å². The summed E-state index contributed by atoms with van der Waals surface area (Å²) in [5.41, 5.74) is 0.949. The molecule has 0 unspecified atom stereocenters. The van der Waals surface area contributed by atoms with E-state index >= 15 is 0 Å². The van der Waals surface area contributed by atoms with Crippen LogP contribution >= 0.6 is 11.6 Å². The quantitative estimate of drug-likeness (QED) is 0.661. The first kappa shape index (κ1) is 20.3. The largest absolute Gasteiger partial charge is 0.486 e. The van der Waals surface area contributed by atoms with Gasteiger partial charge in [0.05, 0.1) is 17.2 Å². The van der Waals surface area contributed by atoms with Crippen molar-refractivity contribution >= 4 is 33.3 Å². The second kappa shape index (κ2) is 8.28. The molecule has 0 N–H and O–H groups in total. The average molecular weight is 426 g/mol. The number of benzene rings is 2. The molecule has 0 aliphatic carbocycles. The first-order valence-electron chi connectivity index (χ1n) is 8.67.